The second-order valence-corrected chi connectivity index (χ2v) is 4.77. The topological polar surface area (TPSA) is 25.4 Å². The molecule has 0 radical (unpaired) electrons. The van der Waals surface area contributed by atoms with Crippen molar-refractivity contribution in [2.45, 2.75) is 12.5 Å². The van der Waals surface area contributed by atoms with Crippen LogP contribution in [-0.4, -0.2) is 36.6 Å². The van der Waals surface area contributed by atoms with Crippen molar-refractivity contribution < 1.29 is 9.13 Å². The molecule has 1 aliphatic carbocycles. The minimum atomic E-state index is -0.257. The van der Waals surface area contributed by atoms with Gasteiger partial charge in [-0.2, -0.15) is 0 Å². The Morgan fingerprint density at radius 3 is 2.94 bits per heavy atom. The third kappa shape index (κ3) is 1.63. The Labute approximate surface area is 99.9 Å². The average molecular weight is 234 g/mol. The first-order valence-electron chi connectivity index (χ1n) is 5.81. The van der Waals surface area contributed by atoms with Crippen molar-refractivity contribution in [1.29, 1.82) is 0 Å². The maximum Gasteiger partial charge on any atom is 0.213 e. The molecule has 2 bridgehead atoms. The number of hydrogen-bond donors (Lipinski definition) is 0. The Balaban J connectivity index is 2.00. The fourth-order valence-electron chi connectivity index (χ4n) is 2.86. The molecule has 4 heteroatoms. The SMILES string of the molecule is COc1cc(C2=CC3CC2CN3C)c(F)cn1. The van der Waals surface area contributed by atoms with Gasteiger partial charge in [0, 0.05) is 24.2 Å². The van der Waals surface area contributed by atoms with E-state index in [9.17, 15) is 4.39 Å². The molecule has 1 aliphatic heterocycles. The molecule has 2 aliphatic rings. The van der Waals surface area contributed by atoms with Crippen molar-refractivity contribution in [2.75, 3.05) is 20.7 Å². The zero-order valence-electron chi connectivity index (χ0n) is 9.98. The van der Waals surface area contributed by atoms with E-state index < -0.39 is 0 Å². The number of halogens is 1. The highest BCUT2D eigenvalue weighted by molar-refractivity contribution is 5.72. The van der Waals surface area contributed by atoms with Gasteiger partial charge in [0.15, 0.2) is 0 Å². The van der Waals surface area contributed by atoms with Gasteiger partial charge in [0.25, 0.3) is 0 Å². The van der Waals surface area contributed by atoms with E-state index >= 15 is 0 Å². The van der Waals surface area contributed by atoms with Gasteiger partial charge in [-0.15, -0.1) is 0 Å². The van der Waals surface area contributed by atoms with Crippen LogP contribution in [0, 0.1) is 11.7 Å². The number of ether oxygens (including phenoxy) is 1. The zero-order chi connectivity index (χ0) is 12.0. The first-order valence-corrected chi connectivity index (χ1v) is 5.81. The van der Waals surface area contributed by atoms with E-state index in [2.05, 4.69) is 23.0 Å². The van der Waals surface area contributed by atoms with Gasteiger partial charge in [0.05, 0.1) is 13.3 Å². The fourth-order valence-corrected chi connectivity index (χ4v) is 2.86. The van der Waals surface area contributed by atoms with Crippen LogP contribution >= 0.6 is 0 Å². The predicted molar refractivity (Wildman–Crippen MR) is 63.2 cm³/mol. The second kappa shape index (κ2) is 3.81. The van der Waals surface area contributed by atoms with Crippen LogP contribution in [0.4, 0.5) is 4.39 Å². The maximum atomic E-state index is 13.8. The molecule has 0 spiro atoms. The molecule has 3 rings (SSSR count). The van der Waals surface area contributed by atoms with Crippen LogP contribution in [0.3, 0.4) is 0 Å². The van der Waals surface area contributed by atoms with Crippen LogP contribution in [0.15, 0.2) is 18.3 Å². The van der Waals surface area contributed by atoms with E-state index in [1.807, 2.05) is 0 Å². The molecule has 0 N–H and O–H groups in total. The molecular weight excluding hydrogens is 219 g/mol. The van der Waals surface area contributed by atoms with Gasteiger partial charge >= 0.3 is 0 Å². The van der Waals surface area contributed by atoms with Crippen LogP contribution in [0.25, 0.3) is 5.57 Å². The van der Waals surface area contributed by atoms with Crippen molar-refractivity contribution in [1.82, 2.24) is 9.88 Å². The van der Waals surface area contributed by atoms with E-state index in [0.717, 1.165) is 18.5 Å². The number of fused-ring (bicyclic) bond motifs is 2. The Kier molecular flexibility index (Phi) is 2.40. The number of hydrogen-bond acceptors (Lipinski definition) is 3. The van der Waals surface area contributed by atoms with Crippen molar-refractivity contribution in [3.63, 3.8) is 0 Å². The van der Waals surface area contributed by atoms with Crippen LogP contribution < -0.4 is 4.74 Å². The number of nitrogens with zero attached hydrogens (tertiary/aromatic N) is 2. The molecule has 0 aromatic carbocycles. The summed E-state index contributed by atoms with van der Waals surface area (Å²) in [6.07, 6.45) is 4.52. The summed E-state index contributed by atoms with van der Waals surface area (Å²) in [5.74, 6) is 0.664. The van der Waals surface area contributed by atoms with Crippen LogP contribution in [-0.2, 0) is 0 Å². The minimum absolute atomic E-state index is 0.257. The fraction of sp³-hybridized carbons (Fsp3) is 0.462. The lowest BCUT2D eigenvalue weighted by molar-refractivity contribution is 0.347. The van der Waals surface area contributed by atoms with E-state index in [-0.39, 0.29) is 5.82 Å². The average Bonchev–Trinajstić information content (AvgIpc) is 2.88. The normalized spacial score (nSPS) is 27.4. The summed E-state index contributed by atoms with van der Waals surface area (Å²) in [5.41, 5.74) is 1.77. The van der Waals surface area contributed by atoms with Crippen LogP contribution in [0.5, 0.6) is 5.88 Å². The van der Waals surface area contributed by atoms with E-state index in [4.69, 9.17) is 4.74 Å². The standard InChI is InChI=1S/C13H15FN2O/c1-16-7-8-3-9(16)4-10(8)11-5-13(17-2)15-6-12(11)14/h4-6,8-9H,3,7H2,1-2H3. The monoisotopic (exact) mass is 234 g/mol. The molecular formula is C13H15FN2O. The number of likely N-dealkylation sites (N-methyl/N-ethyl adjacent to an activating group) is 1. The summed E-state index contributed by atoms with van der Waals surface area (Å²) in [5, 5.41) is 0. The van der Waals surface area contributed by atoms with Crippen molar-refractivity contribution in [2.24, 2.45) is 5.92 Å². The van der Waals surface area contributed by atoms with Crippen molar-refractivity contribution in [3.8, 4) is 5.88 Å². The lowest BCUT2D eigenvalue weighted by atomic mass is 9.96. The molecule has 17 heavy (non-hydrogen) atoms. The van der Waals surface area contributed by atoms with Gasteiger partial charge in [-0.1, -0.05) is 6.08 Å². The summed E-state index contributed by atoms with van der Waals surface area (Å²) in [4.78, 5) is 6.18. The molecule has 1 aromatic heterocycles. The van der Waals surface area contributed by atoms with Gasteiger partial charge in [-0.3, -0.25) is 4.90 Å². The van der Waals surface area contributed by atoms with Crippen LogP contribution in [0.2, 0.25) is 0 Å². The summed E-state index contributed by atoms with van der Waals surface area (Å²) in [7, 11) is 3.66. The van der Waals surface area contributed by atoms with Gasteiger partial charge in [0.2, 0.25) is 5.88 Å². The van der Waals surface area contributed by atoms with Gasteiger partial charge < -0.3 is 4.74 Å². The molecule has 0 amide bonds. The minimum Gasteiger partial charge on any atom is -0.481 e. The number of likely N-dealkylation sites (tertiary alicyclic amines) is 1. The number of rotatable bonds is 2. The Bertz CT molecular complexity index is 486. The molecule has 1 fully saturated rings. The van der Waals surface area contributed by atoms with E-state index in [0.29, 0.717) is 23.4 Å². The molecule has 2 atom stereocenters. The first-order chi connectivity index (χ1) is 8.19. The first kappa shape index (κ1) is 10.7. The third-order valence-electron chi connectivity index (χ3n) is 3.76. The molecule has 1 saturated heterocycles. The van der Waals surface area contributed by atoms with Crippen molar-refractivity contribution in [3.05, 3.63) is 29.7 Å². The maximum absolute atomic E-state index is 13.8. The summed E-state index contributed by atoms with van der Waals surface area (Å²) in [6, 6.07) is 2.16. The Morgan fingerprint density at radius 2 is 2.35 bits per heavy atom. The van der Waals surface area contributed by atoms with E-state index in [1.165, 1.54) is 6.20 Å². The smallest absolute Gasteiger partial charge is 0.213 e. The summed E-state index contributed by atoms with van der Waals surface area (Å²) in [6.45, 7) is 1.01. The quantitative estimate of drug-likeness (QED) is 0.782. The lowest BCUT2D eigenvalue weighted by Crippen LogP contribution is -2.26. The van der Waals surface area contributed by atoms with Crippen molar-refractivity contribution >= 4 is 5.57 Å². The molecule has 2 heterocycles. The largest absolute Gasteiger partial charge is 0.481 e. The number of methoxy groups -OCH3 is 1. The molecule has 1 aromatic rings. The number of pyridine rings is 1. The predicted octanol–water partition coefficient (Wildman–Crippen LogP) is 1.95. The highest BCUT2D eigenvalue weighted by Crippen LogP contribution is 2.42. The van der Waals surface area contributed by atoms with Gasteiger partial charge in [-0.05, 0) is 25.0 Å². The number of aromatic nitrogens is 1. The lowest BCUT2D eigenvalue weighted by Gasteiger charge is -2.21. The molecule has 90 valence electrons. The zero-order valence-corrected chi connectivity index (χ0v) is 9.98. The Morgan fingerprint density at radius 1 is 1.53 bits per heavy atom. The summed E-state index contributed by atoms with van der Waals surface area (Å²) < 4.78 is 18.9. The highest BCUT2D eigenvalue weighted by atomic mass is 19.1. The second-order valence-electron chi connectivity index (χ2n) is 4.77. The molecule has 3 nitrogen and oxygen atoms in total. The molecule has 2 unspecified atom stereocenters. The van der Waals surface area contributed by atoms with Gasteiger partial charge in [-0.25, -0.2) is 9.37 Å². The van der Waals surface area contributed by atoms with E-state index in [1.54, 1.807) is 13.2 Å². The third-order valence-corrected chi connectivity index (χ3v) is 3.76. The van der Waals surface area contributed by atoms with Gasteiger partial charge in [0.1, 0.15) is 5.82 Å². The summed E-state index contributed by atoms with van der Waals surface area (Å²) >= 11 is 0. The highest BCUT2D eigenvalue weighted by Gasteiger charge is 2.37. The Hall–Kier alpha value is -1.42. The van der Waals surface area contributed by atoms with Crippen LogP contribution in [0.1, 0.15) is 12.0 Å². The molecule has 0 saturated carbocycles.